The molecule has 186 valence electrons. The van der Waals surface area contributed by atoms with E-state index in [0.717, 1.165) is 0 Å². The highest BCUT2D eigenvalue weighted by molar-refractivity contribution is 5.89. The summed E-state index contributed by atoms with van der Waals surface area (Å²) in [7, 11) is 1.51. The second-order valence-electron chi connectivity index (χ2n) is 8.12. The number of halogens is 2. The number of benzene rings is 3. The Kier molecular flexibility index (Phi) is 7.96. The summed E-state index contributed by atoms with van der Waals surface area (Å²) < 4.78 is 33.7. The number of hydrogen-bond acceptors (Lipinski definition) is 5. The molecule has 1 heterocycles. The number of fused-ring (bicyclic) bond motifs is 1. The molecule has 0 saturated carbocycles. The number of nitrogens with one attached hydrogen (secondary N) is 1. The van der Waals surface area contributed by atoms with Gasteiger partial charge in [0.25, 0.3) is 0 Å². The lowest BCUT2D eigenvalue weighted by Crippen LogP contribution is -2.45. The van der Waals surface area contributed by atoms with Crippen molar-refractivity contribution in [1.29, 1.82) is 0 Å². The lowest BCUT2D eigenvalue weighted by molar-refractivity contribution is -0.142. The zero-order chi connectivity index (χ0) is 25.5. The van der Waals surface area contributed by atoms with Crippen molar-refractivity contribution in [2.75, 3.05) is 20.3 Å². The van der Waals surface area contributed by atoms with Crippen molar-refractivity contribution < 1.29 is 23.1 Å². The van der Waals surface area contributed by atoms with E-state index in [1.807, 2.05) is 12.1 Å². The minimum Gasteiger partial charge on any atom is -0.383 e. The first-order chi connectivity index (χ1) is 17.5. The molecule has 1 aromatic heterocycles. The highest BCUT2D eigenvalue weighted by Crippen LogP contribution is 2.25. The standard InChI is InChI=1S/C26H25F2N5O3/c1-36-15-14-29-26(35)25(19-8-12-21(28)13-9-19)32(16-18-6-10-20(27)11-7-18)24(34)17-33-23-5-3-2-4-22(23)30-31-33/h2-13,25H,14-17H2,1H3,(H,29,35)/t25-/m0/s1. The molecule has 1 atom stereocenters. The largest absolute Gasteiger partial charge is 0.383 e. The van der Waals surface area contributed by atoms with Crippen LogP contribution >= 0.6 is 0 Å². The van der Waals surface area contributed by atoms with Gasteiger partial charge in [-0.1, -0.05) is 41.6 Å². The van der Waals surface area contributed by atoms with Crippen LogP contribution in [0.2, 0.25) is 0 Å². The first-order valence-electron chi connectivity index (χ1n) is 11.3. The second kappa shape index (κ2) is 11.5. The third kappa shape index (κ3) is 5.89. The summed E-state index contributed by atoms with van der Waals surface area (Å²) >= 11 is 0. The van der Waals surface area contributed by atoms with Gasteiger partial charge in [-0.3, -0.25) is 9.59 Å². The molecule has 0 spiro atoms. The van der Waals surface area contributed by atoms with Gasteiger partial charge >= 0.3 is 0 Å². The van der Waals surface area contributed by atoms with E-state index in [0.29, 0.717) is 22.2 Å². The third-order valence-corrected chi connectivity index (χ3v) is 5.64. The van der Waals surface area contributed by atoms with Gasteiger partial charge in [0.05, 0.1) is 12.1 Å². The Hall–Kier alpha value is -4.18. The average Bonchev–Trinajstić information content (AvgIpc) is 3.29. The summed E-state index contributed by atoms with van der Waals surface area (Å²) in [5.74, 6) is -1.77. The predicted molar refractivity (Wildman–Crippen MR) is 129 cm³/mol. The average molecular weight is 494 g/mol. The van der Waals surface area contributed by atoms with Crippen molar-refractivity contribution in [1.82, 2.24) is 25.2 Å². The van der Waals surface area contributed by atoms with Gasteiger partial charge in [-0.05, 0) is 47.5 Å². The zero-order valence-corrected chi connectivity index (χ0v) is 19.6. The number of amides is 2. The number of para-hydroxylation sites is 1. The van der Waals surface area contributed by atoms with Crippen molar-refractivity contribution >= 4 is 22.8 Å². The molecule has 4 aromatic rings. The quantitative estimate of drug-likeness (QED) is 0.343. The summed E-state index contributed by atoms with van der Waals surface area (Å²) in [6.07, 6.45) is 0. The van der Waals surface area contributed by atoms with Crippen LogP contribution in [0.3, 0.4) is 0 Å². The van der Waals surface area contributed by atoms with Crippen LogP contribution in [-0.2, 0) is 27.4 Å². The fourth-order valence-electron chi connectivity index (χ4n) is 3.85. The molecule has 36 heavy (non-hydrogen) atoms. The minimum absolute atomic E-state index is 0.00544. The van der Waals surface area contributed by atoms with Crippen molar-refractivity contribution in [3.63, 3.8) is 0 Å². The van der Waals surface area contributed by atoms with Crippen LogP contribution in [0.4, 0.5) is 8.78 Å². The number of nitrogens with zero attached hydrogens (tertiary/aromatic N) is 4. The van der Waals surface area contributed by atoms with Crippen molar-refractivity contribution in [2.45, 2.75) is 19.1 Å². The number of ether oxygens (including phenoxy) is 1. The summed E-state index contributed by atoms with van der Waals surface area (Å²) in [5, 5.41) is 10.9. The highest BCUT2D eigenvalue weighted by Gasteiger charge is 2.32. The van der Waals surface area contributed by atoms with E-state index in [9.17, 15) is 18.4 Å². The van der Waals surface area contributed by atoms with E-state index in [1.165, 1.54) is 53.1 Å². The van der Waals surface area contributed by atoms with Gasteiger partial charge < -0.3 is 15.0 Å². The fourth-order valence-corrected chi connectivity index (χ4v) is 3.85. The first-order valence-corrected chi connectivity index (χ1v) is 11.3. The number of carbonyl (C=O) groups is 2. The molecule has 4 rings (SSSR count). The van der Waals surface area contributed by atoms with Gasteiger partial charge in [-0.25, -0.2) is 13.5 Å². The Morgan fingerprint density at radius 3 is 2.36 bits per heavy atom. The molecule has 10 heteroatoms. The smallest absolute Gasteiger partial charge is 0.247 e. The maximum absolute atomic E-state index is 13.7. The Bertz CT molecular complexity index is 1330. The number of methoxy groups -OCH3 is 1. The van der Waals surface area contributed by atoms with Crippen molar-refractivity contribution in [3.8, 4) is 0 Å². The zero-order valence-electron chi connectivity index (χ0n) is 19.6. The highest BCUT2D eigenvalue weighted by atomic mass is 19.1. The van der Waals surface area contributed by atoms with Gasteiger partial charge in [-0.2, -0.15) is 0 Å². The summed E-state index contributed by atoms with van der Waals surface area (Å²) in [6, 6.07) is 17.2. The molecule has 3 aromatic carbocycles. The normalized spacial score (nSPS) is 11.9. The Balaban J connectivity index is 1.72. The summed E-state index contributed by atoms with van der Waals surface area (Å²) in [6.45, 7) is 0.314. The maximum atomic E-state index is 13.7. The molecular weight excluding hydrogens is 468 g/mol. The van der Waals surface area contributed by atoms with Gasteiger partial charge in [0, 0.05) is 20.2 Å². The van der Waals surface area contributed by atoms with Crippen LogP contribution in [0, 0.1) is 11.6 Å². The monoisotopic (exact) mass is 493 g/mol. The lowest BCUT2D eigenvalue weighted by atomic mass is 10.0. The van der Waals surface area contributed by atoms with E-state index in [4.69, 9.17) is 4.74 Å². The molecule has 8 nitrogen and oxygen atoms in total. The minimum atomic E-state index is -1.09. The molecular formula is C26H25F2N5O3. The third-order valence-electron chi connectivity index (χ3n) is 5.64. The molecule has 0 aliphatic carbocycles. The van der Waals surface area contributed by atoms with Gasteiger partial charge in [0.2, 0.25) is 11.8 Å². The van der Waals surface area contributed by atoms with E-state index < -0.39 is 29.5 Å². The molecule has 0 bridgehead atoms. The SMILES string of the molecule is COCCNC(=O)[C@H](c1ccc(F)cc1)N(Cc1ccc(F)cc1)C(=O)Cn1nnc2ccccc21. The molecule has 0 fully saturated rings. The van der Waals surface area contributed by atoms with Crippen LogP contribution in [0.1, 0.15) is 17.2 Å². The number of rotatable bonds is 10. The second-order valence-corrected chi connectivity index (χ2v) is 8.12. The Morgan fingerprint density at radius 2 is 1.67 bits per heavy atom. The van der Waals surface area contributed by atoms with Crippen LogP contribution < -0.4 is 5.32 Å². The molecule has 0 aliphatic heterocycles. The van der Waals surface area contributed by atoms with E-state index in [2.05, 4.69) is 15.6 Å². The molecule has 0 unspecified atom stereocenters. The molecule has 2 amide bonds. The molecule has 0 aliphatic rings. The maximum Gasteiger partial charge on any atom is 0.247 e. The summed E-state index contributed by atoms with van der Waals surface area (Å²) in [4.78, 5) is 28.5. The van der Waals surface area contributed by atoms with E-state index in [-0.39, 0.29) is 26.2 Å². The van der Waals surface area contributed by atoms with Crippen LogP contribution in [0.5, 0.6) is 0 Å². The fraction of sp³-hybridized carbons (Fsp3) is 0.231. The number of carbonyl (C=O) groups excluding carboxylic acids is 2. The van der Waals surface area contributed by atoms with Crippen LogP contribution in [-0.4, -0.2) is 52.0 Å². The first kappa shape index (κ1) is 24.9. The Morgan fingerprint density at radius 1 is 1.00 bits per heavy atom. The van der Waals surface area contributed by atoms with Crippen molar-refractivity contribution in [2.24, 2.45) is 0 Å². The molecule has 1 N–H and O–H groups in total. The number of aromatic nitrogens is 3. The Labute approximate surface area is 206 Å². The van der Waals surface area contributed by atoms with E-state index >= 15 is 0 Å². The van der Waals surface area contributed by atoms with Crippen LogP contribution in [0.25, 0.3) is 11.0 Å². The van der Waals surface area contributed by atoms with Crippen LogP contribution in [0.15, 0.2) is 72.8 Å². The lowest BCUT2D eigenvalue weighted by Gasteiger charge is -2.31. The molecule has 0 radical (unpaired) electrons. The topological polar surface area (TPSA) is 89.4 Å². The van der Waals surface area contributed by atoms with Gasteiger partial charge in [-0.15, -0.1) is 5.10 Å². The number of hydrogen-bond donors (Lipinski definition) is 1. The molecule has 0 saturated heterocycles. The van der Waals surface area contributed by atoms with E-state index in [1.54, 1.807) is 24.3 Å². The van der Waals surface area contributed by atoms with Gasteiger partial charge in [0.15, 0.2) is 0 Å². The predicted octanol–water partition coefficient (Wildman–Crippen LogP) is 3.24. The summed E-state index contributed by atoms with van der Waals surface area (Å²) in [5.41, 5.74) is 2.33. The van der Waals surface area contributed by atoms with Gasteiger partial charge in [0.1, 0.15) is 29.7 Å². The van der Waals surface area contributed by atoms with Crippen molar-refractivity contribution in [3.05, 3.63) is 95.6 Å².